The highest BCUT2D eigenvalue weighted by atomic mass is 16.5. The fourth-order valence-corrected chi connectivity index (χ4v) is 2.37. The molecule has 0 bridgehead atoms. The lowest BCUT2D eigenvalue weighted by Gasteiger charge is -2.05. The summed E-state index contributed by atoms with van der Waals surface area (Å²) in [7, 11) is 1.33. The smallest absolute Gasteiger partial charge is 0.354 e. The summed E-state index contributed by atoms with van der Waals surface area (Å²) >= 11 is 0. The largest absolute Gasteiger partial charge is 0.464 e. The number of aromatic nitrogens is 1. The Hall–Kier alpha value is -3.08. The van der Waals surface area contributed by atoms with E-state index in [2.05, 4.69) is 15.0 Å². The molecule has 0 aliphatic heterocycles. The standard InChI is InChI=1S/C18H16N2O3/c1-23-18(22)16-10-14-9-13(7-8-15(14)20-16)17(21)19-11-12-5-3-2-4-6-12/h2-10,20H,11H2,1H3,(H,19,21). The molecule has 0 spiro atoms. The van der Waals surface area contributed by atoms with E-state index in [-0.39, 0.29) is 5.91 Å². The summed E-state index contributed by atoms with van der Waals surface area (Å²) in [5.41, 5.74) is 2.73. The lowest BCUT2D eigenvalue weighted by Crippen LogP contribution is -2.22. The van der Waals surface area contributed by atoms with Crippen LogP contribution in [0.2, 0.25) is 0 Å². The molecule has 0 radical (unpaired) electrons. The van der Waals surface area contributed by atoms with Crippen molar-refractivity contribution in [1.29, 1.82) is 0 Å². The first-order valence-electron chi connectivity index (χ1n) is 7.20. The molecule has 0 fully saturated rings. The molecule has 3 rings (SSSR count). The number of H-pyrrole nitrogens is 1. The molecule has 5 heteroatoms. The van der Waals surface area contributed by atoms with E-state index in [1.165, 1.54) is 7.11 Å². The molecule has 0 unspecified atom stereocenters. The second-order valence-corrected chi connectivity index (χ2v) is 5.14. The average Bonchev–Trinajstić information content (AvgIpc) is 3.03. The minimum atomic E-state index is -0.434. The van der Waals surface area contributed by atoms with Crippen LogP contribution in [0.4, 0.5) is 0 Å². The summed E-state index contributed by atoms with van der Waals surface area (Å²) in [4.78, 5) is 26.7. The second-order valence-electron chi connectivity index (χ2n) is 5.14. The zero-order chi connectivity index (χ0) is 16.2. The average molecular weight is 308 g/mol. The lowest BCUT2D eigenvalue weighted by atomic mass is 10.1. The maximum absolute atomic E-state index is 12.2. The molecular weight excluding hydrogens is 292 g/mol. The van der Waals surface area contributed by atoms with Crippen molar-refractivity contribution in [2.45, 2.75) is 6.54 Å². The van der Waals surface area contributed by atoms with E-state index in [0.29, 0.717) is 17.8 Å². The van der Waals surface area contributed by atoms with Gasteiger partial charge in [0.05, 0.1) is 7.11 Å². The van der Waals surface area contributed by atoms with Crippen LogP contribution in [0.25, 0.3) is 10.9 Å². The summed E-state index contributed by atoms with van der Waals surface area (Å²) in [6, 6.07) is 16.6. The molecule has 1 aromatic heterocycles. The first-order chi connectivity index (χ1) is 11.2. The molecule has 1 amide bonds. The number of methoxy groups -OCH3 is 1. The van der Waals surface area contributed by atoms with Crippen molar-refractivity contribution in [2.24, 2.45) is 0 Å². The summed E-state index contributed by atoms with van der Waals surface area (Å²) in [5, 5.41) is 3.67. The third kappa shape index (κ3) is 3.23. The van der Waals surface area contributed by atoms with E-state index in [1.807, 2.05) is 30.3 Å². The van der Waals surface area contributed by atoms with Gasteiger partial charge in [0.25, 0.3) is 5.91 Å². The molecule has 1 heterocycles. The Morgan fingerprint density at radius 2 is 1.87 bits per heavy atom. The van der Waals surface area contributed by atoms with Gasteiger partial charge in [-0.25, -0.2) is 4.79 Å². The van der Waals surface area contributed by atoms with Crippen molar-refractivity contribution < 1.29 is 14.3 Å². The molecule has 0 saturated carbocycles. The van der Waals surface area contributed by atoms with Gasteiger partial charge in [-0.2, -0.15) is 0 Å². The number of hydrogen-bond acceptors (Lipinski definition) is 3. The maximum Gasteiger partial charge on any atom is 0.354 e. The zero-order valence-electron chi connectivity index (χ0n) is 12.6. The first-order valence-corrected chi connectivity index (χ1v) is 7.20. The normalized spacial score (nSPS) is 10.5. The number of esters is 1. The predicted octanol–water partition coefficient (Wildman–Crippen LogP) is 2.88. The van der Waals surface area contributed by atoms with Crippen LogP contribution >= 0.6 is 0 Å². The number of aromatic amines is 1. The Kier molecular flexibility index (Phi) is 4.10. The molecule has 2 aromatic carbocycles. The summed E-state index contributed by atoms with van der Waals surface area (Å²) in [6.07, 6.45) is 0. The van der Waals surface area contributed by atoms with Gasteiger partial charge < -0.3 is 15.0 Å². The Labute approximate surface area is 133 Å². The fraction of sp³-hybridized carbons (Fsp3) is 0.111. The predicted molar refractivity (Wildman–Crippen MR) is 87.3 cm³/mol. The topological polar surface area (TPSA) is 71.2 Å². The number of benzene rings is 2. The lowest BCUT2D eigenvalue weighted by molar-refractivity contribution is 0.0595. The van der Waals surface area contributed by atoms with Crippen molar-refractivity contribution in [3.05, 3.63) is 71.4 Å². The fourth-order valence-electron chi connectivity index (χ4n) is 2.37. The highest BCUT2D eigenvalue weighted by Gasteiger charge is 2.11. The van der Waals surface area contributed by atoms with E-state index in [9.17, 15) is 9.59 Å². The Morgan fingerprint density at radius 1 is 1.09 bits per heavy atom. The third-order valence-corrected chi connectivity index (χ3v) is 3.58. The quantitative estimate of drug-likeness (QED) is 0.728. The SMILES string of the molecule is COC(=O)c1cc2cc(C(=O)NCc3ccccc3)ccc2[nH]1. The number of carbonyl (C=O) groups is 2. The first kappa shape index (κ1) is 14.8. The molecule has 0 aliphatic carbocycles. The van der Waals surface area contributed by atoms with Gasteiger partial charge in [-0.1, -0.05) is 30.3 Å². The van der Waals surface area contributed by atoms with Crippen LogP contribution in [0.5, 0.6) is 0 Å². The highest BCUT2D eigenvalue weighted by Crippen LogP contribution is 2.18. The number of hydrogen-bond donors (Lipinski definition) is 2. The van der Waals surface area contributed by atoms with Gasteiger partial charge in [-0.05, 0) is 29.8 Å². The summed E-state index contributed by atoms with van der Waals surface area (Å²) in [5.74, 6) is -0.590. The maximum atomic E-state index is 12.2. The molecule has 3 aromatic rings. The van der Waals surface area contributed by atoms with Crippen LogP contribution in [0.3, 0.4) is 0 Å². The van der Waals surface area contributed by atoms with E-state index >= 15 is 0 Å². The van der Waals surface area contributed by atoms with Crippen molar-refractivity contribution in [2.75, 3.05) is 7.11 Å². The van der Waals surface area contributed by atoms with E-state index in [1.54, 1.807) is 24.3 Å². The monoisotopic (exact) mass is 308 g/mol. The molecule has 2 N–H and O–H groups in total. The zero-order valence-corrected chi connectivity index (χ0v) is 12.6. The number of nitrogens with one attached hydrogen (secondary N) is 2. The number of ether oxygens (including phenoxy) is 1. The van der Waals surface area contributed by atoms with E-state index in [0.717, 1.165) is 16.5 Å². The van der Waals surface area contributed by atoms with Crippen LogP contribution in [0.1, 0.15) is 26.4 Å². The summed E-state index contributed by atoms with van der Waals surface area (Å²) < 4.78 is 4.68. The Bertz CT molecular complexity index is 853. The molecule has 23 heavy (non-hydrogen) atoms. The van der Waals surface area contributed by atoms with Crippen LogP contribution < -0.4 is 5.32 Å². The van der Waals surface area contributed by atoms with Gasteiger partial charge in [-0.3, -0.25) is 4.79 Å². The minimum absolute atomic E-state index is 0.156. The van der Waals surface area contributed by atoms with E-state index < -0.39 is 5.97 Å². The third-order valence-electron chi connectivity index (χ3n) is 3.58. The number of carbonyl (C=O) groups excluding carboxylic acids is 2. The van der Waals surface area contributed by atoms with Crippen molar-refractivity contribution in [3.63, 3.8) is 0 Å². The second kappa shape index (κ2) is 6.36. The Balaban J connectivity index is 1.77. The number of amides is 1. The molecule has 0 atom stereocenters. The van der Waals surface area contributed by atoms with Gasteiger partial charge in [-0.15, -0.1) is 0 Å². The van der Waals surface area contributed by atoms with Gasteiger partial charge in [0, 0.05) is 23.0 Å². The van der Waals surface area contributed by atoms with Crippen LogP contribution in [0, 0.1) is 0 Å². The van der Waals surface area contributed by atoms with E-state index in [4.69, 9.17) is 0 Å². The van der Waals surface area contributed by atoms with Crippen LogP contribution in [-0.4, -0.2) is 24.0 Å². The van der Waals surface area contributed by atoms with Gasteiger partial charge >= 0.3 is 5.97 Å². The number of fused-ring (bicyclic) bond motifs is 1. The molecule has 5 nitrogen and oxygen atoms in total. The Morgan fingerprint density at radius 3 is 2.61 bits per heavy atom. The van der Waals surface area contributed by atoms with Crippen molar-refractivity contribution in [3.8, 4) is 0 Å². The molecule has 116 valence electrons. The van der Waals surface area contributed by atoms with Crippen molar-refractivity contribution in [1.82, 2.24) is 10.3 Å². The number of rotatable bonds is 4. The van der Waals surface area contributed by atoms with Crippen LogP contribution in [0.15, 0.2) is 54.6 Å². The summed E-state index contributed by atoms with van der Waals surface area (Å²) in [6.45, 7) is 0.470. The highest BCUT2D eigenvalue weighted by molar-refractivity contribution is 6.00. The minimum Gasteiger partial charge on any atom is -0.464 e. The molecule has 0 aliphatic rings. The van der Waals surface area contributed by atoms with Gasteiger partial charge in [0.1, 0.15) is 5.69 Å². The van der Waals surface area contributed by atoms with Gasteiger partial charge in [0.15, 0.2) is 0 Å². The van der Waals surface area contributed by atoms with Gasteiger partial charge in [0.2, 0.25) is 0 Å². The van der Waals surface area contributed by atoms with Crippen molar-refractivity contribution >= 4 is 22.8 Å². The van der Waals surface area contributed by atoms with Crippen LogP contribution in [-0.2, 0) is 11.3 Å². The molecular formula is C18H16N2O3. The molecule has 0 saturated heterocycles.